The number of nitrogens with zero attached hydrogens (tertiary/aromatic N) is 3. The number of nitrogens with one attached hydrogen (secondary N) is 2. The van der Waals surface area contributed by atoms with Crippen LogP contribution in [0.4, 0.5) is 5.69 Å². The Hall–Kier alpha value is -3.42. The van der Waals surface area contributed by atoms with E-state index < -0.39 is 11.8 Å². The topological polar surface area (TPSA) is 100 Å². The van der Waals surface area contributed by atoms with Crippen LogP contribution in [0.25, 0.3) is 11.0 Å². The highest BCUT2D eigenvalue weighted by molar-refractivity contribution is 6.39. The molecule has 4 rings (SSSR count). The Balaban J connectivity index is 1.55. The summed E-state index contributed by atoms with van der Waals surface area (Å²) in [6.45, 7) is 2.53. The Morgan fingerprint density at radius 2 is 2.18 bits per heavy atom. The van der Waals surface area contributed by atoms with Gasteiger partial charge in [0.05, 0.1) is 24.2 Å². The van der Waals surface area contributed by atoms with Crippen LogP contribution in [0, 0.1) is 6.92 Å². The molecule has 0 aliphatic carbocycles. The van der Waals surface area contributed by atoms with E-state index in [1.807, 2.05) is 25.1 Å². The number of imidazole rings is 1. The predicted octanol–water partition coefficient (Wildman–Crippen LogP) is 2.58. The number of pyridine rings is 1. The third-order valence-electron chi connectivity index (χ3n) is 4.89. The van der Waals surface area contributed by atoms with Crippen LogP contribution >= 0.6 is 0 Å². The van der Waals surface area contributed by atoms with Crippen molar-refractivity contribution >= 4 is 28.5 Å². The Kier molecular flexibility index (Phi) is 4.68. The van der Waals surface area contributed by atoms with E-state index in [0.29, 0.717) is 18.1 Å². The summed E-state index contributed by atoms with van der Waals surface area (Å²) < 4.78 is 5.12. The van der Waals surface area contributed by atoms with E-state index in [2.05, 4.69) is 20.3 Å². The van der Waals surface area contributed by atoms with Crippen molar-refractivity contribution in [2.75, 3.05) is 19.0 Å². The monoisotopic (exact) mass is 379 g/mol. The maximum absolute atomic E-state index is 12.8. The van der Waals surface area contributed by atoms with E-state index in [9.17, 15) is 9.59 Å². The molecule has 28 heavy (non-hydrogen) atoms. The number of fused-ring (bicyclic) bond motifs is 1. The number of likely N-dealkylation sites (tertiary alicyclic amines) is 1. The minimum Gasteiger partial charge on any atom is -0.480 e. The first-order chi connectivity index (χ1) is 13.6. The molecule has 1 saturated heterocycles. The first kappa shape index (κ1) is 18.0. The maximum Gasteiger partial charge on any atom is 0.314 e. The van der Waals surface area contributed by atoms with Gasteiger partial charge in [-0.1, -0.05) is 6.07 Å². The standard InChI is InChI=1S/C20H21N5O3/c1-12-7-8-13-15(11-12)23-17(22-13)16-6-4-10-25(16)20(27)18(26)24-14-5-3-9-21-19(14)28-2/h3,5,7-9,11,16H,4,6,10H2,1-2H3,(H,22,23)(H,24,26). The van der Waals surface area contributed by atoms with Crippen molar-refractivity contribution in [3.05, 3.63) is 47.9 Å². The number of hydrogen-bond donors (Lipinski definition) is 2. The number of H-pyrrole nitrogens is 1. The van der Waals surface area contributed by atoms with Gasteiger partial charge >= 0.3 is 11.8 Å². The van der Waals surface area contributed by atoms with Gasteiger partial charge in [-0.25, -0.2) is 9.97 Å². The summed E-state index contributed by atoms with van der Waals surface area (Å²) in [6.07, 6.45) is 3.13. The summed E-state index contributed by atoms with van der Waals surface area (Å²) in [5.74, 6) is -0.345. The van der Waals surface area contributed by atoms with Crippen LogP contribution in [0.1, 0.15) is 30.3 Å². The van der Waals surface area contributed by atoms with Gasteiger partial charge in [0.2, 0.25) is 5.88 Å². The lowest BCUT2D eigenvalue weighted by Crippen LogP contribution is -2.39. The van der Waals surface area contributed by atoms with Crippen molar-refractivity contribution in [3.63, 3.8) is 0 Å². The highest BCUT2D eigenvalue weighted by Gasteiger charge is 2.35. The summed E-state index contributed by atoms with van der Waals surface area (Å²) in [5.41, 5.74) is 3.27. The molecular formula is C20H21N5O3. The maximum atomic E-state index is 12.8. The first-order valence-corrected chi connectivity index (χ1v) is 9.14. The fourth-order valence-electron chi connectivity index (χ4n) is 3.55. The molecule has 2 aromatic heterocycles. The molecule has 3 aromatic rings. The highest BCUT2D eigenvalue weighted by atomic mass is 16.5. The Morgan fingerprint density at radius 1 is 1.32 bits per heavy atom. The quantitative estimate of drug-likeness (QED) is 0.681. The van der Waals surface area contributed by atoms with Crippen molar-refractivity contribution in [2.24, 2.45) is 0 Å². The van der Waals surface area contributed by atoms with Gasteiger partial charge in [-0.2, -0.15) is 0 Å². The molecule has 8 nitrogen and oxygen atoms in total. The molecule has 1 aliphatic heterocycles. The van der Waals surface area contributed by atoms with Gasteiger partial charge in [-0.3, -0.25) is 9.59 Å². The second-order valence-corrected chi connectivity index (χ2v) is 6.81. The summed E-state index contributed by atoms with van der Waals surface area (Å²) >= 11 is 0. The molecule has 3 heterocycles. The smallest absolute Gasteiger partial charge is 0.314 e. The van der Waals surface area contributed by atoms with Gasteiger partial charge in [0.25, 0.3) is 0 Å². The van der Waals surface area contributed by atoms with Crippen molar-refractivity contribution in [2.45, 2.75) is 25.8 Å². The molecule has 2 amide bonds. The van der Waals surface area contributed by atoms with Crippen LogP contribution in [0.2, 0.25) is 0 Å². The number of methoxy groups -OCH3 is 1. The Labute approximate surface area is 161 Å². The largest absolute Gasteiger partial charge is 0.480 e. The molecule has 144 valence electrons. The number of aryl methyl sites for hydroxylation is 1. The number of amides is 2. The van der Waals surface area contributed by atoms with Crippen LogP contribution in [0.3, 0.4) is 0 Å². The summed E-state index contributed by atoms with van der Waals surface area (Å²) in [5, 5.41) is 2.60. The molecule has 1 aliphatic rings. The van der Waals surface area contributed by atoms with Crippen LogP contribution in [-0.4, -0.2) is 45.3 Å². The number of hydrogen-bond acceptors (Lipinski definition) is 5. The average Bonchev–Trinajstić information content (AvgIpc) is 3.34. The van der Waals surface area contributed by atoms with Gasteiger partial charge < -0.3 is 19.9 Å². The van der Waals surface area contributed by atoms with E-state index in [0.717, 1.165) is 29.4 Å². The number of aromatic nitrogens is 3. The Bertz CT molecular complexity index is 1050. The van der Waals surface area contributed by atoms with Crippen LogP contribution < -0.4 is 10.1 Å². The zero-order valence-electron chi connectivity index (χ0n) is 15.7. The minimum absolute atomic E-state index is 0.248. The van der Waals surface area contributed by atoms with Gasteiger partial charge in [0.15, 0.2) is 0 Å². The molecule has 1 fully saturated rings. The van der Waals surface area contributed by atoms with E-state index in [1.54, 1.807) is 23.2 Å². The number of carbonyl (C=O) groups is 2. The van der Waals surface area contributed by atoms with Gasteiger partial charge in [-0.05, 0) is 49.6 Å². The molecular weight excluding hydrogens is 358 g/mol. The molecule has 0 saturated carbocycles. The number of carbonyl (C=O) groups excluding carboxylic acids is 2. The number of ether oxygens (including phenoxy) is 1. The lowest BCUT2D eigenvalue weighted by molar-refractivity contribution is -0.143. The van der Waals surface area contributed by atoms with Crippen molar-refractivity contribution < 1.29 is 14.3 Å². The molecule has 1 unspecified atom stereocenters. The first-order valence-electron chi connectivity index (χ1n) is 9.14. The molecule has 0 bridgehead atoms. The van der Waals surface area contributed by atoms with Crippen molar-refractivity contribution in [3.8, 4) is 5.88 Å². The van der Waals surface area contributed by atoms with E-state index >= 15 is 0 Å². The number of anilines is 1. The predicted molar refractivity (Wildman–Crippen MR) is 104 cm³/mol. The zero-order chi connectivity index (χ0) is 19.7. The molecule has 8 heteroatoms. The second-order valence-electron chi connectivity index (χ2n) is 6.81. The van der Waals surface area contributed by atoms with Gasteiger partial charge in [-0.15, -0.1) is 0 Å². The molecule has 1 atom stereocenters. The minimum atomic E-state index is -0.717. The van der Waals surface area contributed by atoms with E-state index in [-0.39, 0.29) is 11.9 Å². The molecule has 2 N–H and O–H groups in total. The number of aromatic amines is 1. The van der Waals surface area contributed by atoms with Crippen molar-refractivity contribution in [1.82, 2.24) is 19.9 Å². The second kappa shape index (κ2) is 7.30. The number of benzene rings is 1. The summed E-state index contributed by atoms with van der Waals surface area (Å²) in [6, 6.07) is 9.03. The highest BCUT2D eigenvalue weighted by Crippen LogP contribution is 2.32. The third-order valence-corrected chi connectivity index (χ3v) is 4.89. The van der Waals surface area contributed by atoms with Crippen molar-refractivity contribution in [1.29, 1.82) is 0 Å². The summed E-state index contributed by atoms with van der Waals surface area (Å²) in [7, 11) is 1.46. The fourth-order valence-corrected chi connectivity index (χ4v) is 3.55. The zero-order valence-corrected chi connectivity index (χ0v) is 15.7. The summed E-state index contributed by atoms with van der Waals surface area (Å²) in [4.78, 5) is 38.9. The molecule has 0 radical (unpaired) electrons. The molecule has 1 aromatic carbocycles. The van der Waals surface area contributed by atoms with Crippen LogP contribution in [0.5, 0.6) is 5.88 Å². The lowest BCUT2D eigenvalue weighted by Gasteiger charge is -2.22. The average molecular weight is 379 g/mol. The fraction of sp³-hybridized carbons (Fsp3) is 0.300. The normalized spacial score (nSPS) is 16.4. The number of rotatable bonds is 3. The van der Waals surface area contributed by atoms with E-state index in [4.69, 9.17) is 4.74 Å². The SMILES string of the molecule is COc1ncccc1NC(=O)C(=O)N1CCCC1c1nc2ccc(C)cc2[nH]1. The van der Waals surface area contributed by atoms with Crippen LogP contribution in [0.15, 0.2) is 36.5 Å². The van der Waals surface area contributed by atoms with Gasteiger partial charge in [0, 0.05) is 12.7 Å². The van der Waals surface area contributed by atoms with Crippen LogP contribution in [-0.2, 0) is 9.59 Å². The van der Waals surface area contributed by atoms with E-state index in [1.165, 1.54) is 7.11 Å². The third kappa shape index (κ3) is 3.28. The molecule has 0 spiro atoms. The van der Waals surface area contributed by atoms with Gasteiger partial charge in [0.1, 0.15) is 11.5 Å². The lowest BCUT2D eigenvalue weighted by atomic mass is 10.2. The Morgan fingerprint density at radius 3 is 3.00 bits per heavy atom.